The smallest absolute Gasteiger partial charge is 0.275 e. The van der Waals surface area contributed by atoms with Crippen molar-refractivity contribution in [1.29, 1.82) is 0 Å². The Labute approximate surface area is 175 Å². The molecule has 0 saturated carbocycles. The summed E-state index contributed by atoms with van der Waals surface area (Å²) in [6.45, 7) is 2.26. The van der Waals surface area contributed by atoms with Crippen LogP contribution in [0.5, 0.6) is 5.75 Å². The molecule has 3 aromatic carbocycles. The van der Waals surface area contributed by atoms with Crippen LogP contribution in [0.4, 0.5) is 0 Å². The molecule has 0 spiro atoms. The van der Waals surface area contributed by atoms with Crippen LogP contribution in [0.3, 0.4) is 0 Å². The molecule has 4 nitrogen and oxygen atoms in total. The topological polar surface area (TPSA) is 50.7 Å². The second kappa shape index (κ2) is 10.2. The van der Waals surface area contributed by atoms with Gasteiger partial charge in [0.05, 0.1) is 11.8 Å². The molecule has 5 heteroatoms. The third-order valence-electron chi connectivity index (χ3n) is 4.07. The first kappa shape index (κ1) is 20.4. The maximum absolute atomic E-state index is 12.5. The Balaban J connectivity index is 1.62. The fourth-order valence-electron chi connectivity index (χ4n) is 2.62. The molecule has 146 valence electrons. The van der Waals surface area contributed by atoms with E-state index in [0.717, 1.165) is 16.7 Å². The fraction of sp³-hybridized carbons (Fsp3) is 0.0833. The molecule has 0 aromatic heterocycles. The summed E-state index contributed by atoms with van der Waals surface area (Å²) in [4.78, 5) is 12.5. The summed E-state index contributed by atoms with van der Waals surface area (Å²) in [7, 11) is 0. The van der Waals surface area contributed by atoms with Gasteiger partial charge in [0.2, 0.25) is 0 Å². The number of hydrazone groups is 1. The second-order valence-electron chi connectivity index (χ2n) is 6.41. The number of rotatable bonds is 7. The number of benzene rings is 3. The largest absolute Gasteiger partial charge is 0.488 e. The zero-order chi connectivity index (χ0) is 20.5. The number of nitrogens with one attached hydrogen (secondary N) is 1. The Hall–Kier alpha value is -3.37. The van der Waals surface area contributed by atoms with Gasteiger partial charge < -0.3 is 4.74 Å². The van der Waals surface area contributed by atoms with Gasteiger partial charge in [-0.05, 0) is 47.9 Å². The summed E-state index contributed by atoms with van der Waals surface area (Å²) in [5, 5.41) is 4.72. The van der Waals surface area contributed by atoms with E-state index >= 15 is 0 Å². The van der Waals surface area contributed by atoms with E-state index in [1.807, 2.05) is 61.5 Å². The van der Waals surface area contributed by atoms with Crippen molar-refractivity contribution in [3.63, 3.8) is 0 Å². The van der Waals surface area contributed by atoms with Crippen molar-refractivity contribution in [2.45, 2.75) is 13.5 Å². The van der Waals surface area contributed by atoms with Gasteiger partial charge in [0.1, 0.15) is 12.4 Å². The first-order chi connectivity index (χ1) is 14.1. The Morgan fingerprint density at radius 3 is 2.45 bits per heavy atom. The van der Waals surface area contributed by atoms with Gasteiger partial charge in [-0.1, -0.05) is 72.3 Å². The van der Waals surface area contributed by atoms with E-state index in [-0.39, 0.29) is 5.91 Å². The van der Waals surface area contributed by atoms with E-state index in [1.54, 1.807) is 36.5 Å². The Morgan fingerprint density at radius 1 is 1.00 bits per heavy atom. The number of allylic oxidation sites excluding steroid dienone is 1. The van der Waals surface area contributed by atoms with Crippen LogP contribution in [-0.2, 0) is 6.61 Å². The van der Waals surface area contributed by atoms with Crippen molar-refractivity contribution in [3.8, 4) is 5.75 Å². The van der Waals surface area contributed by atoms with Crippen molar-refractivity contribution in [2.24, 2.45) is 5.10 Å². The first-order valence-corrected chi connectivity index (χ1v) is 9.52. The van der Waals surface area contributed by atoms with E-state index in [0.29, 0.717) is 22.9 Å². The maximum Gasteiger partial charge on any atom is 0.275 e. The summed E-state index contributed by atoms with van der Waals surface area (Å²) < 4.78 is 5.82. The lowest BCUT2D eigenvalue weighted by Gasteiger charge is -2.10. The molecule has 0 aliphatic rings. The molecular formula is C24H21ClN2O2. The molecule has 0 aliphatic heterocycles. The van der Waals surface area contributed by atoms with E-state index in [4.69, 9.17) is 16.3 Å². The highest BCUT2D eigenvalue weighted by atomic mass is 35.5. The molecule has 0 radical (unpaired) electrons. The summed E-state index contributed by atoms with van der Waals surface area (Å²) in [6, 6.07) is 24.4. The molecule has 3 rings (SSSR count). The van der Waals surface area contributed by atoms with Gasteiger partial charge >= 0.3 is 0 Å². The van der Waals surface area contributed by atoms with Crippen LogP contribution in [0.25, 0.3) is 6.08 Å². The average molecular weight is 405 g/mol. The van der Waals surface area contributed by atoms with E-state index < -0.39 is 0 Å². The molecule has 0 aliphatic carbocycles. The second-order valence-corrected chi connectivity index (χ2v) is 6.85. The molecule has 3 aromatic rings. The molecule has 0 unspecified atom stereocenters. The molecule has 0 atom stereocenters. The Kier molecular flexibility index (Phi) is 7.20. The van der Waals surface area contributed by atoms with Crippen LogP contribution in [0.15, 0.2) is 89.5 Å². The van der Waals surface area contributed by atoms with Gasteiger partial charge in [-0.3, -0.25) is 4.79 Å². The highest BCUT2D eigenvalue weighted by molar-refractivity contribution is 6.30. The van der Waals surface area contributed by atoms with Gasteiger partial charge in [-0.15, -0.1) is 0 Å². The molecule has 0 fully saturated rings. The SMILES string of the molecule is CC(=C/c1ccccc1)/C=N/NC(=O)c1ccccc1OCc1ccc(Cl)cc1. The number of hydrogen-bond acceptors (Lipinski definition) is 3. The van der Waals surface area contributed by atoms with Crippen molar-refractivity contribution in [3.05, 3.63) is 106 Å². The van der Waals surface area contributed by atoms with Gasteiger partial charge in [0.25, 0.3) is 5.91 Å². The number of hydrogen-bond donors (Lipinski definition) is 1. The van der Waals surface area contributed by atoms with Crippen molar-refractivity contribution < 1.29 is 9.53 Å². The minimum atomic E-state index is -0.333. The highest BCUT2D eigenvalue weighted by Gasteiger charge is 2.11. The monoisotopic (exact) mass is 404 g/mol. The average Bonchev–Trinajstić information content (AvgIpc) is 2.74. The number of ether oxygens (including phenoxy) is 1. The molecule has 29 heavy (non-hydrogen) atoms. The standard InChI is InChI=1S/C24H21ClN2O2/c1-18(15-19-7-3-2-4-8-19)16-26-27-24(28)22-9-5-6-10-23(22)29-17-20-11-13-21(25)14-12-20/h2-16H,17H2,1H3,(H,27,28)/b18-15-,26-16+. The third kappa shape index (κ3) is 6.33. The highest BCUT2D eigenvalue weighted by Crippen LogP contribution is 2.20. The minimum Gasteiger partial charge on any atom is -0.488 e. The van der Waals surface area contributed by atoms with Crippen LogP contribution in [0.2, 0.25) is 5.02 Å². The first-order valence-electron chi connectivity index (χ1n) is 9.15. The summed E-state index contributed by atoms with van der Waals surface area (Å²) in [5.74, 6) is 0.159. The molecule has 1 N–H and O–H groups in total. The minimum absolute atomic E-state index is 0.333. The summed E-state index contributed by atoms with van der Waals surface area (Å²) in [5.41, 5.74) is 5.93. The summed E-state index contributed by atoms with van der Waals surface area (Å²) >= 11 is 5.90. The third-order valence-corrected chi connectivity index (χ3v) is 4.32. The fourth-order valence-corrected chi connectivity index (χ4v) is 2.75. The van der Waals surface area contributed by atoms with Crippen LogP contribution in [-0.4, -0.2) is 12.1 Å². The number of halogens is 1. The number of nitrogens with zero attached hydrogens (tertiary/aromatic N) is 1. The summed E-state index contributed by atoms with van der Waals surface area (Å²) in [6.07, 6.45) is 3.60. The van der Waals surface area contributed by atoms with E-state index in [9.17, 15) is 4.79 Å². The van der Waals surface area contributed by atoms with Gasteiger partial charge in [-0.2, -0.15) is 5.10 Å². The quantitative estimate of drug-likeness (QED) is 0.403. The molecule has 0 heterocycles. The predicted octanol–water partition coefficient (Wildman–Crippen LogP) is 5.74. The van der Waals surface area contributed by atoms with Crippen LogP contribution >= 0.6 is 11.6 Å². The Morgan fingerprint density at radius 2 is 1.69 bits per heavy atom. The van der Waals surface area contributed by atoms with Crippen LogP contribution < -0.4 is 10.2 Å². The van der Waals surface area contributed by atoms with Crippen molar-refractivity contribution in [2.75, 3.05) is 0 Å². The normalized spacial score (nSPS) is 11.4. The number of carbonyl (C=O) groups excluding carboxylic acids is 1. The maximum atomic E-state index is 12.5. The molecule has 0 bridgehead atoms. The number of carbonyl (C=O) groups is 1. The lowest BCUT2D eigenvalue weighted by molar-refractivity contribution is 0.0950. The Bertz CT molecular complexity index is 1010. The zero-order valence-electron chi connectivity index (χ0n) is 16.0. The number of amides is 1. The lowest BCUT2D eigenvalue weighted by atomic mass is 10.1. The zero-order valence-corrected chi connectivity index (χ0v) is 16.8. The van der Waals surface area contributed by atoms with Crippen LogP contribution in [0, 0.1) is 0 Å². The number of para-hydroxylation sites is 1. The molecule has 0 saturated heterocycles. The predicted molar refractivity (Wildman–Crippen MR) is 118 cm³/mol. The van der Waals surface area contributed by atoms with E-state index in [1.165, 1.54) is 0 Å². The van der Waals surface area contributed by atoms with Gasteiger partial charge in [0, 0.05) is 5.02 Å². The van der Waals surface area contributed by atoms with E-state index in [2.05, 4.69) is 10.5 Å². The van der Waals surface area contributed by atoms with Gasteiger partial charge in [0.15, 0.2) is 0 Å². The lowest BCUT2D eigenvalue weighted by Crippen LogP contribution is -2.18. The van der Waals surface area contributed by atoms with Crippen molar-refractivity contribution in [1.82, 2.24) is 5.43 Å². The molecular weight excluding hydrogens is 384 g/mol. The van der Waals surface area contributed by atoms with Crippen LogP contribution in [0.1, 0.15) is 28.4 Å². The van der Waals surface area contributed by atoms with Crippen molar-refractivity contribution >= 4 is 29.8 Å². The molecule has 1 amide bonds. The van der Waals surface area contributed by atoms with Gasteiger partial charge in [-0.25, -0.2) is 5.43 Å².